The highest BCUT2D eigenvalue weighted by molar-refractivity contribution is 4.89. The van der Waals surface area contributed by atoms with Gasteiger partial charge in [0.05, 0.1) is 6.33 Å². The second kappa shape index (κ2) is 7.31. The van der Waals surface area contributed by atoms with Crippen LogP contribution in [-0.2, 0) is 0 Å². The van der Waals surface area contributed by atoms with E-state index in [0.29, 0.717) is 5.92 Å². The van der Waals surface area contributed by atoms with Gasteiger partial charge in [-0.15, -0.1) is 0 Å². The van der Waals surface area contributed by atoms with Gasteiger partial charge in [0.15, 0.2) is 0 Å². The van der Waals surface area contributed by atoms with Crippen LogP contribution in [0, 0.1) is 23.7 Å². The van der Waals surface area contributed by atoms with E-state index in [9.17, 15) is 4.39 Å². The van der Waals surface area contributed by atoms with Crippen molar-refractivity contribution in [1.29, 1.82) is 0 Å². The average molecular weight is 252 g/mol. The van der Waals surface area contributed by atoms with Crippen LogP contribution in [0.5, 0.6) is 0 Å². The molecule has 0 heterocycles. The van der Waals surface area contributed by atoms with Crippen LogP contribution in [0.1, 0.15) is 71.1 Å². The van der Waals surface area contributed by atoms with Gasteiger partial charge in [0, 0.05) is 0 Å². The molecule has 0 aromatic carbocycles. The molecule has 0 amide bonds. The first kappa shape index (κ1) is 14.1. The molecular formula is C17H29F. The van der Waals surface area contributed by atoms with E-state index in [1.165, 1.54) is 64.2 Å². The van der Waals surface area contributed by atoms with Crippen LogP contribution in [0.4, 0.5) is 4.39 Å². The molecular weight excluding hydrogens is 223 g/mol. The van der Waals surface area contributed by atoms with Crippen LogP contribution in [0.2, 0.25) is 0 Å². The maximum atomic E-state index is 12.2. The normalized spacial score (nSPS) is 38.1. The van der Waals surface area contributed by atoms with Crippen LogP contribution >= 0.6 is 0 Å². The van der Waals surface area contributed by atoms with E-state index >= 15 is 0 Å². The highest BCUT2D eigenvalue weighted by atomic mass is 19.1. The van der Waals surface area contributed by atoms with E-state index in [-0.39, 0.29) is 0 Å². The maximum absolute atomic E-state index is 12.2. The van der Waals surface area contributed by atoms with Crippen molar-refractivity contribution in [3.8, 4) is 0 Å². The van der Waals surface area contributed by atoms with E-state index in [4.69, 9.17) is 0 Å². The van der Waals surface area contributed by atoms with Gasteiger partial charge >= 0.3 is 0 Å². The van der Waals surface area contributed by atoms with E-state index < -0.39 is 0 Å². The number of allylic oxidation sites excluding steroid dienone is 1. The number of hydrogen-bond donors (Lipinski definition) is 0. The molecule has 0 unspecified atom stereocenters. The summed E-state index contributed by atoms with van der Waals surface area (Å²) in [6, 6.07) is 0. The van der Waals surface area contributed by atoms with Gasteiger partial charge in [-0.25, -0.2) is 4.39 Å². The highest BCUT2D eigenvalue weighted by Crippen LogP contribution is 2.42. The molecule has 0 nitrogen and oxygen atoms in total. The molecule has 0 bridgehead atoms. The lowest BCUT2D eigenvalue weighted by Gasteiger charge is -2.37. The quantitative estimate of drug-likeness (QED) is 0.586. The summed E-state index contributed by atoms with van der Waals surface area (Å²) in [6.07, 6.45) is 16.4. The molecule has 2 saturated carbocycles. The van der Waals surface area contributed by atoms with Gasteiger partial charge in [0.1, 0.15) is 0 Å². The standard InChI is InChI=1S/C17H29F/c1-2-3-14-4-8-16(9-5-14)17-10-6-15(7-11-17)12-13-18/h12-17H,2-11H2,1H3/b13-12+. The molecule has 0 aromatic heterocycles. The Morgan fingerprint density at radius 1 is 0.889 bits per heavy atom. The molecule has 0 saturated heterocycles. The van der Waals surface area contributed by atoms with Crippen LogP contribution < -0.4 is 0 Å². The molecule has 0 atom stereocenters. The van der Waals surface area contributed by atoms with Crippen LogP contribution in [0.15, 0.2) is 12.4 Å². The van der Waals surface area contributed by atoms with E-state index in [1.54, 1.807) is 6.08 Å². The third-order valence-corrected chi connectivity index (χ3v) is 5.42. The fourth-order valence-corrected chi connectivity index (χ4v) is 4.27. The van der Waals surface area contributed by atoms with Crippen molar-refractivity contribution >= 4 is 0 Å². The Labute approximate surface area is 112 Å². The zero-order valence-corrected chi connectivity index (χ0v) is 11.9. The first-order valence-corrected chi connectivity index (χ1v) is 8.10. The summed E-state index contributed by atoms with van der Waals surface area (Å²) in [5.74, 6) is 3.50. The van der Waals surface area contributed by atoms with Gasteiger partial charge in [-0.3, -0.25) is 0 Å². The van der Waals surface area contributed by atoms with Gasteiger partial charge in [-0.2, -0.15) is 0 Å². The maximum Gasteiger partial charge on any atom is 0.0829 e. The molecule has 0 aromatic rings. The van der Waals surface area contributed by atoms with Crippen LogP contribution in [-0.4, -0.2) is 0 Å². The van der Waals surface area contributed by atoms with Crippen molar-refractivity contribution in [3.05, 3.63) is 12.4 Å². The fraction of sp³-hybridized carbons (Fsp3) is 0.882. The number of hydrogen-bond acceptors (Lipinski definition) is 0. The minimum atomic E-state index is 0.530. The van der Waals surface area contributed by atoms with Crippen molar-refractivity contribution in [2.24, 2.45) is 23.7 Å². The molecule has 2 aliphatic rings. The monoisotopic (exact) mass is 252 g/mol. The molecule has 2 fully saturated rings. The van der Waals surface area contributed by atoms with Crippen molar-refractivity contribution in [3.63, 3.8) is 0 Å². The molecule has 2 rings (SSSR count). The van der Waals surface area contributed by atoms with Crippen LogP contribution in [0.3, 0.4) is 0 Å². The summed E-state index contributed by atoms with van der Waals surface area (Å²) in [5, 5.41) is 0. The Kier molecular flexibility index (Phi) is 5.72. The predicted molar refractivity (Wildman–Crippen MR) is 76.1 cm³/mol. The Bertz CT molecular complexity index is 242. The largest absolute Gasteiger partial charge is 0.216 e. The lowest BCUT2D eigenvalue weighted by Crippen LogP contribution is -2.25. The van der Waals surface area contributed by atoms with Crippen molar-refractivity contribution in [2.75, 3.05) is 0 Å². The van der Waals surface area contributed by atoms with Crippen LogP contribution in [0.25, 0.3) is 0 Å². The average Bonchev–Trinajstić information content (AvgIpc) is 2.41. The predicted octanol–water partition coefficient (Wildman–Crippen LogP) is 5.88. The summed E-state index contributed by atoms with van der Waals surface area (Å²) >= 11 is 0. The number of halogens is 1. The molecule has 0 aliphatic heterocycles. The van der Waals surface area contributed by atoms with E-state index in [2.05, 4.69) is 6.92 Å². The summed E-state index contributed by atoms with van der Waals surface area (Å²) in [4.78, 5) is 0. The van der Waals surface area contributed by atoms with Gasteiger partial charge in [0.25, 0.3) is 0 Å². The van der Waals surface area contributed by atoms with Gasteiger partial charge in [-0.1, -0.05) is 38.7 Å². The Balaban J connectivity index is 1.71. The fourth-order valence-electron chi connectivity index (χ4n) is 4.27. The third-order valence-electron chi connectivity index (χ3n) is 5.42. The van der Waals surface area contributed by atoms with E-state index in [1.807, 2.05) is 0 Å². The lowest BCUT2D eigenvalue weighted by molar-refractivity contribution is 0.152. The summed E-state index contributed by atoms with van der Waals surface area (Å²) in [7, 11) is 0. The zero-order chi connectivity index (χ0) is 12.8. The summed E-state index contributed by atoms with van der Waals surface area (Å²) < 4.78 is 12.2. The highest BCUT2D eigenvalue weighted by Gasteiger charge is 2.29. The lowest BCUT2D eigenvalue weighted by atomic mass is 9.69. The molecule has 2 aliphatic carbocycles. The number of rotatable bonds is 4. The minimum Gasteiger partial charge on any atom is -0.216 e. The first-order chi connectivity index (χ1) is 8.83. The SMILES string of the molecule is CCCC1CCC(C2CCC(/C=C/F)CC2)CC1. The Morgan fingerprint density at radius 2 is 1.44 bits per heavy atom. The Morgan fingerprint density at radius 3 is 1.94 bits per heavy atom. The Hall–Kier alpha value is -0.330. The molecule has 0 N–H and O–H groups in total. The molecule has 0 spiro atoms. The van der Waals surface area contributed by atoms with E-state index in [0.717, 1.165) is 24.1 Å². The van der Waals surface area contributed by atoms with Gasteiger partial charge in [0.2, 0.25) is 0 Å². The molecule has 0 radical (unpaired) electrons. The van der Waals surface area contributed by atoms with Gasteiger partial charge < -0.3 is 0 Å². The molecule has 1 heteroatoms. The second-order valence-electron chi connectivity index (χ2n) is 6.56. The van der Waals surface area contributed by atoms with Crippen molar-refractivity contribution < 1.29 is 4.39 Å². The molecule has 18 heavy (non-hydrogen) atoms. The smallest absolute Gasteiger partial charge is 0.0829 e. The topological polar surface area (TPSA) is 0 Å². The van der Waals surface area contributed by atoms with Crippen molar-refractivity contribution in [1.82, 2.24) is 0 Å². The van der Waals surface area contributed by atoms with Gasteiger partial charge in [-0.05, 0) is 62.2 Å². The summed E-state index contributed by atoms with van der Waals surface area (Å²) in [6.45, 7) is 2.31. The summed E-state index contributed by atoms with van der Waals surface area (Å²) in [5.41, 5.74) is 0. The zero-order valence-electron chi connectivity index (χ0n) is 11.9. The van der Waals surface area contributed by atoms with Crippen molar-refractivity contribution in [2.45, 2.75) is 71.1 Å². The second-order valence-corrected chi connectivity index (χ2v) is 6.56. The third kappa shape index (κ3) is 3.83. The molecule has 104 valence electrons. The first-order valence-electron chi connectivity index (χ1n) is 8.10. The minimum absolute atomic E-state index is 0.530.